The van der Waals surface area contributed by atoms with Crippen LogP contribution in [0.25, 0.3) is 10.8 Å². The molecule has 3 rings (SSSR count). The molecule has 0 aliphatic heterocycles. The second-order valence-electron chi connectivity index (χ2n) is 4.79. The number of fused-ring (bicyclic) bond motifs is 1. The number of hydrogen-bond acceptors (Lipinski definition) is 1. The van der Waals surface area contributed by atoms with Crippen molar-refractivity contribution in [3.8, 4) is 5.75 Å². The molecule has 1 aliphatic rings. The van der Waals surface area contributed by atoms with Crippen molar-refractivity contribution in [2.24, 2.45) is 0 Å². The fourth-order valence-corrected chi connectivity index (χ4v) is 2.53. The Morgan fingerprint density at radius 3 is 2.65 bits per heavy atom. The largest absolute Gasteiger partial charge is 0.490 e. The minimum Gasteiger partial charge on any atom is -0.490 e. The summed E-state index contributed by atoms with van der Waals surface area (Å²) in [7, 11) is 0. The summed E-state index contributed by atoms with van der Waals surface area (Å²) >= 11 is 0. The third kappa shape index (κ3) is 2.44. The Bertz CT molecular complexity index is 498. The van der Waals surface area contributed by atoms with Crippen LogP contribution >= 0.6 is 0 Å². The van der Waals surface area contributed by atoms with Gasteiger partial charge < -0.3 is 4.74 Å². The van der Waals surface area contributed by atoms with Gasteiger partial charge in [-0.25, -0.2) is 0 Å². The minimum absolute atomic E-state index is 0.404. The molecule has 1 aliphatic carbocycles. The molecule has 1 radical (unpaired) electrons. The zero-order valence-corrected chi connectivity index (χ0v) is 9.99. The van der Waals surface area contributed by atoms with E-state index in [-0.39, 0.29) is 0 Å². The van der Waals surface area contributed by atoms with Crippen LogP contribution < -0.4 is 4.74 Å². The molecule has 0 spiro atoms. The van der Waals surface area contributed by atoms with E-state index in [0.717, 1.165) is 11.1 Å². The number of benzene rings is 2. The van der Waals surface area contributed by atoms with Gasteiger partial charge in [-0.2, -0.15) is 0 Å². The molecule has 87 valence electrons. The smallest absolute Gasteiger partial charge is 0.128 e. The van der Waals surface area contributed by atoms with Crippen LogP contribution in [0.4, 0.5) is 0 Å². The summed E-state index contributed by atoms with van der Waals surface area (Å²) in [6.45, 7) is 0. The van der Waals surface area contributed by atoms with E-state index in [1.165, 1.54) is 37.5 Å². The van der Waals surface area contributed by atoms with Gasteiger partial charge in [0.25, 0.3) is 0 Å². The van der Waals surface area contributed by atoms with E-state index in [4.69, 9.17) is 4.74 Å². The van der Waals surface area contributed by atoms with Gasteiger partial charge in [-0.15, -0.1) is 0 Å². The molecule has 2 aromatic rings. The van der Waals surface area contributed by atoms with Gasteiger partial charge in [0.1, 0.15) is 5.75 Å². The maximum Gasteiger partial charge on any atom is 0.128 e. The molecule has 0 bridgehead atoms. The van der Waals surface area contributed by atoms with Gasteiger partial charge in [0.15, 0.2) is 0 Å². The zero-order chi connectivity index (χ0) is 11.5. The van der Waals surface area contributed by atoms with Crippen LogP contribution in [0.5, 0.6) is 5.75 Å². The topological polar surface area (TPSA) is 9.23 Å². The molecule has 0 aromatic heterocycles. The van der Waals surface area contributed by atoms with Gasteiger partial charge in [0.2, 0.25) is 0 Å². The van der Waals surface area contributed by atoms with E-state index in [1.54, 1.807) is 0 Å². The molecule has 0 N–H and O–H groups in total. The van der Waals surface area contributed by atoms with Crippen molar-refractivity contribution >= 4 is 10.8 Å². The highest BCUT2D eigenvalue weighted by Gasteiger charge is 2.14. The Morgan fingerprint density at radius 1 is 0.941 bits per heavy atom. The quantitative estimate of drug-likeness (QED) is 0.738. The normalized spacial score (nSPS) is 17.2. The second kappa shape index (κ2) is 4.79. The van der Waals surface area contributed by atoms with E-state index < -0.39 is 0 Å². The van der Waals surface area contributed by atoms with Crippen LogP contribution in [0.3, 0.4) is 0 Å². The highest BCUT2D eigenvalue weighted by Crippen LogP contribution is 2.25. The van der Waals surface area contributed by atoms with E-state index in [1.807, 2.05) is 12.1 Å². The van der Waals surface area contributed by atoms with E-state index >= 15 is 0 Å². The first-order valence-corrected chi connectivity index (χ1v) is 6.49. The van der Waals surface area contributed by atoms with Crippen LogP contribution in [0, 0.1) is 6.07 Å². The highest BCUT2D eigenvalue weighted by molar-refractivity contribution is 5.83. The fraction of sp³-hybridized carbons (Fsp3) is 0.375. The average molecular weight is 225 g/mol. The molecule has 0 amide bonds. The maximum absolute atomic E-state index is 6.01. The molecule has 17 heavy (non-hydrogen) atoms. The number of hydrogen-bond donors (Lipinski definition) is 0. The van der Waals surface area contributed by atoms with Crippen LogP contribution in [-0.4, -0.2) is 6.10 Å². The summed E-state index contributed by atoms with van der Waals surface area (Å²) in [6, 6.07) is 15.8. The zero-order valence-electron chi connectivity index (χ0n) is 9.99. The first-order valence-electron chi connectivity index (χ1n) is 6.49. The standard InChI is InChI=1S/C16H17O/c1-2-8-15(9-3-1)17-16-11-10-13-6-4-5-7-14(13)12-16/h4-7,10-11,15H,1-3,8-9H2. The van der Waals surface area contributed by atoms with Gasteiger partial charge in [0, 0.05) is 6.07 Å². The number of ether oxygens (including phenoxy) is 1. The van der Waals surface area contributed by atoms with Crippen molar-refractivity contribution in [1.82, 2.24) is 0 Å². The SMILES string of the molecule is [c]1c(OC2CCCCC2)ccc2ccccc12. The first-order chi connectivity index (χ1) is 8.42. The van der Waals surface area contributed by atoms with Gasteiger partial charge in [-0.05, 0) is 42.5 Å². The minimum atomic E-state index is 0.404. The summed E-state index contributed by atoms with van der Waals surface area (Å²) in [4.78, 5) is 0. The third-order valence-electron chi connectivity index (χ3n) is 3.48. The molecule has 0 heterocycles. The Labute approximate surface area is 102 Å². The Kier molecular flexibility index (Phi) is 3.00. The van der Waals surface area contributed by atoms with Crippen LogP contribution in [0.2, 0.25) is 0 Å². The van der Waals surface area contributed by atoms with Crippen molar-refractivity contribution in [1.29, 1.82) is 0 Å². The van der Waals surface area contributed by atoms with E-state index in [9.17, 15) is 0 Å². The second-order valence-corrected chi connectivity index (χ2v) is 4.79. The Balaban J connectivity index is 1.80. The fourth-order valence-electron chi connectivity index (χ4n) is 2.53. The highest BCUT2D eigenvalue weighted by atomic mass is 16.5. The summed E-state index contributed by atoms with van der Waals surface area (Å²) in [5, 5.41) is 2.37. The summed E-state index contributed by atoms with van der Waals surface area (Å²) in [5.41, 5.74) is 0. The van der Waals surface area contributed by atoms with Crippen molar-refractivity contribution < 1.29 is 4.74 Å². The molecular weight excluding hydrogens is 208 g/mol. The van der Waals surface area contributed by atoms with Gasteiger partial charge in [0.05, 0.1) is 6.10 Å². The molecule has 1 nitrogen and oxygen atoms in total. The van der Waals surface area contributed by atoms with E-state index in [2.05, 4.69) is 30.3 Å². The molecule has 2 aromatic carbocycles. The molecular formula is C16H17O. The maximum atomic E-state index is 6.01. The Morgan fingerprint density at radius 2 is 1.76 bits per heavy atom. The summed E-state index contributed by atoms with van der Waals surface area (Å²) in [6.07, 6.45) is 6.76. The molecule has 1 heteroatoms. The molecule has 0 saturated heterocycles. The lowest BCUT2D eigenvalue weighted by Crippen LogP contribution is -2.19. The van der Waals surface area contributed by atoms with Crippen molar-refractivity contribution in [3.05, 3.63) is 42.5 Å². The van der Waals surface area contributed by atoms with Gasteiger partial charge >= 0.3 is 0 Å². The first kappa shape index (κ1) is 10.6. The molecule has 0 atom stereocenters. The lowest BCUT2D eigenvalue weighted by molar-refractivity contribution is 0.155. The van der Waals surface area contributed by atoms with Crippen LogP contribution in [0.15, 0.2) is 36.4 Å². The third-order valence-corrected chi connectivity index (χ3v) is 3.48. The lowest BCUT2D eigenvalue weighted by atomic mass is 9.98. The summed E-state index contributed by atoms with van der Waals surface area (Å²) < 4.78 is 6.01. The van der Waals surface area contributed by atoms with Gasteiger partial charge in [-0.3, -0.25) is 0 Å². The van der Waals surface area contributed by atoms with Crippen molar-refractivity contribution in [2.45, 2.75) is 38.2 Å². The predicted octanol–water partition coefficient (Wildman–Crippen LogP) is 4.35. The van der Waals surface area contributed by atoms with Crippen LogP contribution in [0.1, 0.15) is 32.1 Å². The predicted molar refractivity (Wildman–Crippen MR) is 70.3 cm³/mol. The molecule has 1 fully saturated rings. The monoisotopic (exact) mass is 225 g/mol. The molecule has 1 saturated carbocycles. The van der Waals surface area contributed by atoms with Crippen molar-refractivity contribution in [3.63, 3.8) is 0 Å². The summed E-state index contributed by atoms with van der Waals surface area (Å²) in [5.74, 6) is 0.899. The average Bonchev–Trinajstić information content (AvgIpc) is 2.40. The van der Waals surface area contributed by atoms with Crippen LogP contribution in [-0.2, 0) is 0 Å². The van der Waals surface area contributed by atoms with E-state index in [0.29, 0.717) is 6.10 Å². The van der Waals surface area contributed by atoms with Crippen molar-refractivity contribution in [2.75, 3.05) is 0 Å². The molecule has 0 unspecified atom stereocenters. The Hall–Kier alpha value is -1.50. The lowest BCUT2D eigenvalue weighted by Gasteiger charge is -2.22. The van der Waals surface area contributed by atoms with Gasteiger partial charge in [-0.1, -0.05) is 36.8 Å². The number of rotatable bonds is 2.